The monoisotopic (exact) mass is 538 g/mol. The third-order valence-electron chi connectivity index (χ3n) is 8.12. The van der Waals surface area contributed by atoms with Crippen LogP contribution in [0.25, 0.3) is 32.3 Å². The van der Waals surface area contributed by atoms with Gasteiger partial charge in [0.1, 0.15) is 0 Å². The molecule has 0 nitrogen and oxygen atoms in total. The van der Waals surface area contributed by atoms with E-state index in [0.717, 1.165) is 0 Å². The Hall–Kier alpha value is -3.90. The molecule has 0 heteroatoms. The maximum absolute atomic E-state index is 2.28. The lowest BCUT2D eigenvalue weighted by Crippen LogP contribution is -1.87. The fraction of sp³-hybridized carbons (Fsp3) is 0.268. The van der Waals surface area contributed by atoms with E-state index < -0.39 is 0 Å². The first-order valence-electron chi connectivity index (χ1n) is 14.8. The molecule has 0 aliphatic rings. The highest BCUT2D eigenvalue weighted by Crippen LogP contribution is 2.27. The summed E-state index contributed by atoms with van der Waals surface area (Å²) < 4.78 is 0. The standard InChI is InChI=1S/2C14H16.C13H14/c1-9-5-11(3)14-8-10(2)6-12(4)13(14)7-9;1-9-7-12(4)14-11(3)6-5-10(2)13(14)8-9;1-9-4-5-12-7-10(2)6-11(3)13(12)8-9/h2*5-8H,1-4H3;4-8H,1-3H3. The average molecular weight is 539 g/mol. The molecule has 0 bridgehead atoms. The SMILES string of the molecule is Cc1cc(C)c2c(C)ccc(C)c2c1.Cc1cc(C)c2cc(C)cc(C)c2c1.Cc1cc(C)c2cc(C)ccc2c1. The predicted octanol–water partition coefficient (Wildman–Crippen LogP) is 11.9. The Morgan fingerprint density at radius 3 is 1.24 bits per heavy atom. The smallest absolute Gasteiger partial charge is 0.0123 e. The van der Waals surface area contributed by atoms with E-state index in [-0.39, 0.29) is 0 Å². The Balaban J connectivity index is 0.000000142. The van der Waals surface area contributed by atoms with Crippen LogP contribution in [-0.4, -0.2) is 0 Å². The first kappa shape index (κ1) is 30.1. The summed E-state index contributed by atoms with van der Waals surface area (Å²) in [5.41, 5.74) is 15.0. The maximum atomic E-state index is 2.28. The predicted molar refractivity (Wildman–Crippen MR) is 184 cm³/mol. The molecule has 6 aromatic rings. The molecule has 0 N–H and O–H groups in total. The number of benzene rings is 6. The molecular formula is C41H46. The van der Waals surface area contributed by atoms with Crippen LogP contribution in [0, 0.1) is 76.2 Å². The molecule has 0 aliphatic carbocycles. The van der Waals surface area contributed by atoms with E-state index in [0.29, 0.717) is 0 Å². The van der Waals surface area contributed by atoms with Crippen molar-refractivity contribution >= 4 is 32.3 Å². The van der Waals surface area contributed by atoms with Gasteiger partial charge in [0.15, 0.2) is 0 Å². The summed E-state index contributed by atoms with van der Waals surface area (Å²) in [5, 5.41) is 8.35. The molecule has 210 valence electrons. The molecule has 0 atom stereocenters. The van der Waals surface area contributed by atoms with Crippen LogP contribution >= 0.6 is 0 Å². The van der Waals surface area contributed by atoms with Crippen molar-refractivity contribution in [2.24, 2.45) is 0 Å². The zero-order valence-corrected chi connectivity index (χ0v) is 27.0. The third kappa shape index (κ3) is 6.88. The highest BCUT2D eigenvalue weighted by molar-refractivity contribution is 5.92. The van der Waals surface area contributed by atoms with Crippen LogP contribution in [0.15, 0.2) is 78.9 Å². The van der Waals surface area contributed by atoms with Crippen molar-refractivity contribution in [1.29, 1.82) is 0 Å². The second-order valence-electron chi connectivity index (χ2n) is 12.3. The van der Waals surface area contributed by atoms with Gasteiger partial charge in [0.2, 0.25) is 0 Å². The lowest BCUT2D eigenvalue weighted by Gasteiger charge is -2.09. The zero-order chi connectivity index (χ0) is 30.0. The quantitative estimate of drug-likeness (QED) is 0.180. The molecule has 0 unspecified atom stereocenters. The molecule has 6 rings (SSSR count). The van der Waals surface area contributed by atoms with Crippen LogP contribution in [0.5, 0.6) is 0 Å². The molecule has 0 spiro atoms. The number of rotatable bonds is 0. The Kier molecular flexibility index (Phi) is 9.03. The van der Waals surface area contributed by atoms with Crippen LogP contribution in [0.3, 0.4) is 0 Å². The summed E-state index contributed by atoms with van der Waals surface area (Å²) in [6, 6.07) is 29.1. The van der Waals surface area contributed by atoms with E-state index in [2.05, 4.69) is 155 Å². The Morgan fingerprint density at radius 1 is 0.268 bits per heavy atom. The molecule has 0 radical (unpaired) electrons. The largest absolute Gasteiger partial charge is 0.0587 e. The summed E-state index contributed by atoms with van der Waals surface area (Å²) >= 11 is 0. The molecule has 0 heterocycles. The van der Waals surface area contributed by atoms with Crippen LogP contribution in [-0.2, 0) is 0 Å². The van der Waals surface area contributed by atoms with Crippen molar-refractivity contribution in [3.05, 3.63) is 140 Å². The van der Waals surface area contributed by atoms with Gasteiger partial charge in [-0.1, -0.05) is 107 Å². The van der Waals surface area contributed by atoms with Gasteiger partial charge < -0.3 is 0 Å². The highest BCUT2D eigenvalue weighted by atomic mass is 14.1. The van der Waals surface area contributed by atoms with Gasteiger partial charge in [0.25, 0.3) is 0 Å². The van der Waals surface area contributed by atoms with Crippen LogP contribution in [0.4, 0.5) is 0 Å². The summed E-state index contributed by atoms with van der Waals surface area (Å²) in [6.45, 7) is 23.9. The topological polar surface area (TPSA) is 0 Å². The number of aryl methyl sites for hydroxylation is 11. The molecule has 0 amide bonds. The summed E-state index contributed by atoms with van der Waals surface area (Å²) in [4.78, 5) is 0. The zero-order valence-electron chi connectivity index (χ0n) is 27.0. The van der Waals surface area contributed by atoms with E-state index in [1.165, 1.54) is 93.5 Å². The Bertz CT molecular complexity index is 1830. The summed E-state index contributed by atoms with van der Waals surface area (Å²) in [5.74, 6) is 0. The molecule has 41 heavy (non-hydrogen) atoms. The Labute approximate surface area is 248 Å². The summed E-state index contributed by atoms with van der Waals surface area (Å²) in [6.07, 6.45) is 0. The van der Waals surface area contributed by atoms with Crippen molar-refractivity contribution in [2.45, 2.75) is 76.2 Å². The molecule has 0 saturated carbocycles. The molecule has 0 saturated heterocycles. The normalized spacial score (nSPS) is 10.8. The molecule has 0 fully saturated rings. The van der Waals surface area contributed by atoms with Gasteiger partial charge >= 0.3 is 0 Å². The van der Waals surface area contributed by atoms with Crippen LogP contribution < -0.4 is 0 Å². The number of hydrogen-bond acceptors (Lipinski definition) is 0. The third-order valence-corrected chi connectivity index (χ3v) is 8.12. The van der Waals surface area contributed by atoms with E-state index in [9.17, 15) is 0 Å². The number of fused-ring (bicyclic) bond motifs is 3. The lowest BCUT2D eigenvalue weighted by atomic mass is 9.95. The van der Waals surface area contributed by atoms with Gasteiger partial charge in [0.05, 0.1) is 0 Å². The second-order valence-corrected chi connectivity index (χ2v) is 12.3. The maximum Gasteiger partial charge on any atom is -0.0123 e. The minimum Gasteiger partial charge on any atom is -0.0587 e. The van der Waals surface area contributed by atoms with Gasteiger partial charge in [0, 0.05) is 0 Å². The van der Waals surface area contributed by atoms with E-state index in [1.807, 2.05) is 0 Å². The van der Waals surface area contributed by atoms with Crippen molar-refractivity contribution in [3.63, 3.8) is 0 Å². The van der Waals surface area contributed by atoms with Crippen molar-refractivity contribution < 1.29 is 0 Å². The van der Waals surface area contributed by atoms with Gasteiger partial charge in [-0.25, -0.2) is 0 Å². The average Bonchev–Trinajstić information content (AvgIpc) is 2.88. The number of hydrogen-bond donors (Lipinski definition) is 0. The molecule has 6 aromatic carbocycles. The minimum absolute atomic E-state index is 1.33. The van der Waals surface area contributed by atoms with Crippen molar-refractivity contribution in [3.8, 4) is 0 Å². The minimum atomic E-state index is 1.33. The summed E-state index contributed by atoms with van der Waals surface area (Å²) in [7, 11) is 0. The van der Waals surface area contributed by atoms with Crippen LogP contribution in [0.2, 0.25) is 0 Å². The second kappa shape index (κ2) is 12.3. The van der Waals surface area contributed by atoms with Crippen molar-refractivity contribution in [2.75, 3.05) is 0 Å². The Morgan fingerprint density at radius 2 is 0.683 bits per heavy atom. The first-order chi connectivity index (χ1) is 19.3. The molecule has 0 aromatic heterocycles. The molecular weight excluding hydrogens is 492 g/mol. The van der Waals surface area contributed by atoms with Gasteiger partial charge in [-0.15, -0.1) is 0 Å². The van der Waals surface area contributed by atoms with Gasteiger partial charge in [-0.3, -0.25) is 0 Å². The fourth-order valence-electron chi connectivity index (χ4n) is 6.25. The van der Waals surface area contributed by atoms with Crippen LogP contribution in [0.1, 0.15) is 61.2 Å². The lowest BCUT2D eigenvalue weighted by molar-refractivity contribution is 1.38. The van der Waals surface area contributed by atoms with Gasteiger partial charge in [-0.05, 0) is 142 Å². The molecule has 0 aliphatic heterocycles. The fourth-order valence-corrected chi connectivity index (χ4v) is 6.25. The van der Waals surface area contributed by atoms with Gasteiger partial charge in [-0.2, -0.15) is 0 Å². The van der Waals surface area contributed by atoms with Crippen molar-refractivity contribution in [1.82, 2.24) is 0 Å². The first-order valence-corrected chi connectivity index (χ1v) is 14.8. The highest BCUT2D eigenvalue weighted by Gasteiger charge is 2.04. The van der Waals surface area contributed by atoms with E-state index in [4.69, 9.17) is 0 Å². The van der Waals surface area contributed by atoms with E-state index in [1.54, 1.807) is 0 Å². The van der Waals surface area contributed by atoms with E-state index >= 15 is 0 Å².